The summed E-state index contributed by atoms with van der Waals surface area (Å²) in [4.78, 5) is 30.7. The van der Waals surface area contributed by atoms with Gasteiger partial charge in [0.05, 0.1) is 24.4 Å². The number of hydrogen-bond acceptors (Lipinski definition) is 8. The number of Topliss-reactive ketones (excluding diaryl/α,β-unsaturated/α-hetero) is 1. The number of aromatic nitrogens is 1. The van der Waals surface area contributed by atoms with E-state index in [1.54, 1.807) is 6.07 Å². The van der Waals surface area contributed by atoms with Gasteiger partial charge in [-0.1, -0.05) is 0 Å². The van der Waals surface area contributed by atoms with E-state index in [1.165, 1.54) is 13.1 Å². The Balaban J connectivity index is 1.77. The SMILES string of the molecule is CC(=O)c1ncc(B(O)O)cc1N1CCC2(CC1)CO[C@@H](C)[C@H]2NC(=O)OC(C)(C)C. The summed E-state index contributed by atoms with van der Waals surface area (Å²) in [5.41, 5.74) is 0.325. The van der Waals surface area contributed by atoms with Gasteiger partial charge in [-0.2, -0.15) is 0 Å². The van der Waals surface area contributed by atoms with Crippen molar-refractivity contribution < 1.29 is 29.1 Å². The molecule has 3 heterocycles. The molecule has 1 spiro atoms. The summed E-state index contributed by atoms with van der Waals surface area (Å²) in [6, 6.07) is 1.43. The summed E-state index contributed by atoms with van der Waals surface area (Å²) in [6.07, 6.45) is 2.19. The maximum Gasteiger partial charge on any atom is 0.490 e. The number of nitrogens with zero attached hydrogens (tertiary/aromatic N) is 2. The third-order valence-corrected chi connectivity index (χ3v) is 6.06. The first-order valence-electron chi connectivity index (χ1n) is 10.6. The van der Waals surface area contributed by atoms with Crippen LogP contribution in [0.4, 0.5) is 10.5 Å². The molecule has 2 fully saturated rings. The van der Waals surface area contributed by atoms with Crippen LogP contribution in [0, 0.1) is 5.41 Å². The second-order valence-corrected chi connectivity index (χ2v) is 9.56. The third kappa shape index (κ3) is 5.19. The Bertz CT molecular complexity index is 833. The van der Waals surface area contributed by atoms with Crippen LogP contribution in [0.2, 0.25) is 0 Å². The van der Waals surface area contributed by atoms with Crippen molar-refractivity contribution in [2.75, 3.05) is 24.6 Å². The minimum absolute atomic E-state index is 0.138. The van der Waals surface area contributed by atoms with Crippen LogP contribution in [0.25, 0.3) is 0 Å². The van der Waals surface area contributed by atoms with Gasteiger partial charge in [0.15, 0.2) is 5.78 Å². The fourth-order valence-electron chi connectivity index (χ4n) is 4.46. The molecule has 170 valence electrons. The fourth-order valence-corrected chi connectivity index (χ4v) is 4.46. The lowest BCUT2D eigenvalue weighted by molar-refractivity contribution is 0.0434. The molecule has 0 bridgehead atoms. The lowest BCUT2D eigenvalue weighted by atomic mass is 9.73. The van der Waals surface area contributed by atoms with Crippen molar-refractivity contribution in [3.63, 3.8) is 0 Å². The molecule has 2 atom stereocenters. The van der Waals surface area contributed by atoms with Gasteiger partial charge in [0.1, 0.15) is 11.3 Å². The van der Waals surface area contributed by atoms with Gasteiger partial charge in [0.25, 0.3) is 0 Å². The number of amides is 1. The Morgan fingerprint density at radius 1 is 1.32 bits per heavy atom. The number of alkyl carbamates (subject to hydrolysis) is 1. The van der Waals surface area contributed by atoms with Crippen molar-refractivity contribution in [2.24, 2.45) is 5.41 Å². The van der Waals surface area contributed by atoms with Crippen LogP contribution in [0.5, 0.6) is 0 Å². The van der Waals surface area contributed by atoms with Crippen molar-refractivity contribution in [2.45, 2.75) is 65.2 Å². The van der Waals surface area contributed by atoms with Gasteiger partial charge < -0.3 is 29.7 Å². The average molecular weight is 433 g/mol. The second kappa shape index (κ2) is 8.76. The second-order valence-electron chi connectivity index (χ2n) is 9.56. The standard InChI is InChI=1S/C21H32BN3O6/c1-13(26)17-16(10-15(11-23-17)22(28)29)25-8-6-21(7-9-25)12-30-14(2)18(21)24-19(27)31-20(3,4)5/h10-11,14,18,28-29H,6-9,12H2,1-5H3,(H,24,27)/t14-,18+/m0/s1. The maximum atomic E-state index is 12.4. The van der Waals surface area contributed by atoms with Gasteiger partial charge in [-0.3, -0.25) is 9.78 Å². The zero-order valence-electron chi connectivity index (χ0n) is 18.8. The summed E-state index contributed by atoms with van der Waals surface area (Å²) in [6.45, 7) is 10.7. The molecule has 0 aromatic carbocycles. The largest absolute Gasteiger partial charge is 0.490 e. The monoisotopic (exact) mass is 433 g/mol. The van der Waals surface area contributed by atoms with Crippen LogP contribution >= 0.6 is 0 Å². The molecule has 9 nitrogen and oxygen atoms in total. The van der Waals surface area contributed by atoms with Gasteiger partial charge in [-0.05, 0) is 46.6 Å². The summed E-state index contributed by atoms with van der Waals surface area (Å²) >= 11 is 0. The summed E-state index contributed by atoms with van der Waals surface area (Å²) in [5.74, 6) is -0.184. The number of rotatable bonds is 4. The van der Waals surface area contributed by atoms with Crippen LogP contribution in [0.1, 0.15) is 57.9 Å². The third-order valence-electron chi connectivity index (χ3n) is 6.06. The minimum atomic E-state index is -1.66. The van der Waals surface area contributed by atoms with Crippen LogP contribution in [0.3, 0.4) is 0 Å². The smallest absolute Gasteiger partial charge is 0.444 e. The van der Waals surface area contributed by atoms with Gasteiger partial charge in [0.2, 0.25) is 0 Å². The van der Waals surface area contributed by atoms with Crippen molar-refractivity contribution in [3.05, 3.63) is 18.0 Å². The highest BCUT2D eigenvalue weighted by atomic mass is 16.6. The number of carbonyl (C=O) groups is 2. The molecule has 2 aliphatic heterocycles. The molecule has 3 N–H and O–H groups in total. The Kier molecular flexibility index (Phi) is 6.64. The molecule has 31 heavy (non-hydrogen) atoms. The quantitative estimate of drug-likeness (QED) is 0.473. The molecule has 0 unspecified atom stereocenters. The summed E-state index contributed by atoms with van der Waals surface area (Å²) < 4.78 is 11.4. The predicted octanol–water partition coefficient (Wildman–Crippen LogP) is 0.863. The Labute approximate surface area is 183 Å². The Morgan fingerprint density at radius 2 is 1.97 bits per heavy atom. The summed E-state index contributed by atoms with van der Waals surface area (Å²) in [7, 11) is -1.66. The van der Waals surface area contributed by atoms with E-state index in [-0.39, 0.29) is 28.8 Å². The number of nitrogens with one attached hydrogen (secondary N) is 1. The van der Waals surface area contributed by atoms with E-state index < -0.39 is 18.8 Å². The molecule has 1 aromatic heterocycles. The van der Waals surface area contributed by atoms with E-state index in [2.05, 4.69) is 10.3 Å². The number of ketones is 1. The number of piperidine rings is 1. The fraction of sp³-hybridized carbons (Fsp3) is 0.667. The Hall–Kier alpha value is -2.17. The van der Waals surface area contributed by atoms with E-state index in [9.17, 15) is 19.6 Å². The van der Waals surface area contributed by atoms with Gasteiger partial charge in [-0.15, -0.1) is 0 Å². The molecule has 1 aromatic rings. The maximum absolute atomic E-state index is 12.4. The molecule has 0 radical (unpaired) electrons. The molecule has 0 aliphatic carbocycles. The number of pyridine rings is 1. The van der Waals surface area contributed by atoms with Crippen LogP contribution in [0.15, 0.2) is 12.3 Å². The van der Waals surface area contributed by atoms with Crippen LogP contribution < -0.4 is 15.7 Å². The number of hydrogen-bond donors (Lipinski definition) is 3. The van der Waals surface area contributed by atoms with Crippen molar-refractivity contribution >= 4 is 30.1 Å². The van der Waals surface area contributed by atoms with E-state index in [4.69, 9.17) is 9.47 Å². The average Bonchev–Trinajstić information content (AvgIpc) is 2.96. The predicted molar refractivity (Wildman–Crippen MR) is 117 cm³/mol. The topological polar surface area (TPSA) is 121 Å². The van der Waals surface area contributed by atoms with E-state index in [1.807, 2.05) is 32.6 Å². The highest BCUT2D eigenvalue weighted by Gasteiger charge is 2.50. The molecule has 1 amide bonds. The molecular formula is C21H32BN3O6. The zero-order valence-corrected chi connectivity index (χ0v) is 18.8. The van der Waals surface area contributed by atoms with E-state index in [0.29, 0.717) is 31.1 Å². The molecule has 2 aliphatic rings. The van der Waals surface area contributed by atoms with Crippen molar-refractivity contribution in [1.82, 2.24) is 10.3 Å². The first-order valence-corrected chi connectivity index (χ1v) is 10.6. The van der Waals surface area contributed by atoms with Gasteiger partial charge in [0, 0.05) is 37.1 Å². The number of anilines is 1. The van der Waals surface area contributed by atoms with Crippen LogP contribution in [-0.2, 0) is 9.47 Å². The highest BCUT2D eigenvalue weighted by Crippen LogP contribution is 2.43. The molecule has 2 saturated heterocycles. The normalized spacial score (nSPS) is 23.0. The first-order chi connectivity index (χ1) is 14.4. The lowest BCUT2D eigenvalue weighted by Crippen LogP contribution is -2.55. The molecule has 3 rings (SSSR count). The lowest BCUT2D eigenvalue weighted by Gasteiger charge is -2.43. The van der Waals surface area contributed by atoms with Crippen molar-refractivity contribution in [1.29, 1.82) is 0 Å². The highest BCUT2D eigenvalue weighted by molar-refractivity contribution is 6.58. The molecule has 10 heteroatoms. The van der Waals surface area contributed by atoms with Gasteiger partial charge in [-0.25, -0.2) is 4.79 Å². The first kappa shape index (κ1) is 23.5. The number of carbonyl (C=O) groups excluding carboxylic acids is 2. The molecular weight excluding hydrogens is 401 g/mol. The minimum Gasteiger partial charge on any atom is -0.444 e. The van der Waals surface area contributed by atoms with Gasteiger partial charge >= 0.3 is 13.2 Å². The van der Waals surface area contributed by atoms with E-state index in [0.717, 1.165) is 12.8 Å². The van der Waals surface area contributed by atoms with E-state index >= 15 is 0 Å². The summed E-state index contributed by atoms with van der Waals surface area (Å²) in [5, 5.41) is 22.0. The zero-order chi connectivity index (χ0) is 23.0. The van der Waals surface area contributed by atoms with Crippen LogP contribution in [-0.4, -0.2) is 71.5 Å². The number of ether oxygens (including phenoxy) is 2. The van der Waals surface area contributed by atoms with Crippen molar-refractivity contribution in [3.8, 4) is 0 Å². The Morgan fingerprint density at radius 3 is 2.52 bits per heavy atom. The molecule has 0 saturated carbocycles.